The van der Waals surface area contributed by atoms with E-state index in [-0.39, 0.29) is 10.5 Å². The van der Waals surface area contributed by atoms with Crippen molar-refractivity contribution in [1.29, 1.82) is 0 Å². The van der Waals surface area contributed by atoms with Crippen LogP contribution in [-0.4, -0.2) is 38.1 Å². The third-order valence-corrected chi connectivity index (χ3v) is 4.88. The Balaban J connectivity index is 1.62. The number of nitrogens with zero attached hydrogens (tertiary/aromatic N) is 1. The van der Waals surface area contributed by atoms with Crippen LogP contribution in [0.25, 0.3) is 10.9 Å². The van der Waals surface area contributed by atoms with Crippen molar-refractivity contribution in [2.45, 2.75) is 4.90 Å². The molecule has 27 heavy (non-hydrogen) atoms. The lowest BCUT2D eigenvalue weighted by Crippen LogP contribution is -2.21. The minimum atomic E-state index is -3.31. The lowest BCUT2D eigenvalue weighted by molar-refractivity contribution is -0.119. The Morgan fingerprint density at radius 2 is 1.74 bits per heavy atom. The van der Waals surface area contributed by atoms with Crippen molar-refractivity contribution in [3.8, 4) is 0 Å². The van der Waals surface area contributed by atoms with E-state index in [0.29, 0.717) is 11.2 Å². The van der Waals surface area contributed by atoms with Gasteiger partial charge in [-0.25, -0.2) is 13.2 Å². The van der Waals surface area contributed by atoms with Crippen LogP contribution in [0.3, 0.4) is 0 Å². The monoisotopic (exact) mass is 384 g/mol. The maximum absolute atomic E-state index is 12.3. The van der Waals surface area contributed by atoms with Crippen molar-refractivity contribution >= 4 is 38.3 Å². The summed E-state index contributed by atoms with van der Waals surface area (Å²) in [6.45, 7) is -0.476. The van der Waals surface area contributed by atoms with Gasteiger partial charge in [-0.05, 0) is 36.4 Å². The number of hydrogen-bond acceptors (Lipinski definition) is 6. The largest absolute Gasteiger partial charge is 0.452 e. The van der Waals surface area contributed by atoms with Crippen LogP contribution in [0, 0.1) is 0 Å². The van der Waals surface area contributed by atoms with E-state index in [9.17, 15) is 18.0 Å². The number of ether oxygens (including phenoxy) is 1. The van der Waals surface area contributed by atoms with Gasteiger partial charge < -0.3 is 10.1 Å². The van der Waals surface area contributed by atoms with Crippen molar-refractivity contribution in [3.63, 3.8) is 0 Å². The van der Waals surface area contributed by atoms with Gasteiger partial charge in [0.1, 0.15) is 0 Å². The Morgan fingerprint density at radius 3 is 2.44 bits per heavy atom. The van der Waals surface area contributed by atoms with Crippen LogP contribution in [0.5, 0.6) is 0 Å². The standard InChI is InChI=1S/C19H16N2O5S/c1-27(24,25)15-9-7-14(8-10-15)21-17(22)12-26-19(23)16-6-2-4-13-5-3-11-20-18(13)16/h2-11H,12H2,1H3,(H,21,22). The number of rotatable bonds is 5. The third-order valence-electron chi connectivity index (χ3n) is 3.75. The van der Waals surface area contributed by atoms with Crippen LogP contribution in [0.4, 0.5) is 5.69 Å². The molecule has 0 aliphatic carbocycles. The topological polar surface area (TPSA) is 102 Å². The summed E-state index contributed by atoms with van der Waals surface area (Å²) in [7, 11) is -3.31. The molecule has 0 unspecified atom stereocenters. The Bertz CT molecular complexity index is 1100. The number of carbonyl (C=O) groups is 2. The van der Waals surface area contributed by atoms with Crippen LogP contribution >= 0.6 is 0 Å². The average Bonchev–Trinajstić information content (AvgIpc) is 2.65. The predicted octanol–water partition coefficient (Wildman–Crippen LogP) is 2.43. The number of pyridine rings is 1. The summed E-state index contributed by atoms with van der Waals surface area (Å²) in [5.41, 5.74) is 1.18. The molecule has 0 fully saturated rings. The number of esters is 1. The van der Waals surface area contributed by atoms with E-state index >= 15 is 0 Å². The van der Waals surface area contributed by atoms with Crippen molar-refractivity contribution in [2.24, 2.45) is 0 Å². The molecule has 1 amide bonds. The second kappa shape index (κ2) is 7.55. The molecule has 0 aliphatic rings. The Morgan fingerprint density at radius 1 is 1.04 bits per heavy atom. The van der Waals surface area contributed by atoms with Gasteiger partial charge in [-0.2, -0.15) is 0 Å². The third kappa shape index (κ3) is 4.48. The predicted molar refractivity (Wildman–Crippen MR) is 100 cm³/mol. The fourth-order valence-corrected chi connectivity index (χ4v) is 3.09. The molecule has 0 saturated heterocycles. The van der Waals surface area contributed by atoms with E-state index in [1.165, 1.54) is 24.3 Å². The van der Waals surface area contributed by atoms with E-state index in [1.807, 2.05) is 12.1 Å². The van der Waals surface area contributed by atoms with Gasteiger partial charge in [-0.1, -0.05) is 18.2 Å². The second-order valence-electron chi connectivity index (χ2n) is 5.80. The van der Waals surface area contributed by atoms with Crippen molar-refractivity contribution in [2.75, 3.05) is 18.2 Å². The molecular weight excluding hydrogens is 368 g/mol. The van der Waals surface area contributed by atoms with Gasteiger partial charge in [0, 0.05) is 23.5 Å². The van der Waals surface area contributed by atoms with E-state index in [1.54, 1.807) is 24.4 Å². The fraction of sp³-hybridized carbons (Fsp3) is 0.105. The van der Waals surface area contributed by atoms with Crippen LogP contribution in [0.1, 0.15) is 10.4 Å². The van der Waals surface area contributed by atoms with E-state index in [0.717, 1.165) is 11.6 Å². The number of aromatic nitrogens is 1. The van der Waals surface area contributed by atoms with Gasteiger partial charge in [-0.15, -0.1) is 0 Å². The zero-order valence-corrected chi connectivity index (χ0v) is 15.2. The number of amides is 1. The highest BCUT2D eigenvalue weighted by atomic mass is 32.2. The first-order valence-electron chi connectivity index (χ1n) is 7.95. The van der Waals surface area contributed by atoms with Crippen molar-refractivity contribution in [1.82, 2.24) is 4.98 Å². The molecule has 1 heterocycles. The molecule has 7 nitrogen and oxygen atoms in total. The number of benzene rings is 2. The molecule has 138 valence electrons. The first kappa shape index (κ1) is 18.5. The summed E-state index contributed by atoms with van der Waals surface area (Å²) in [6, 6.07) is 14.4. The molecule has 8 heteroatoms. The van der Waals surface area contributed by atoms with Crippen LogP contribution in [-0.2, 0) is 19.4 Å². The number of fused-ring (bicyclic) bond motifs is 1. The van der Waals surface area contributed by atoms with Crippen molar-refractivity contribution < 1.29 is 22.7 Å². The van der Waals surface area contributed by atoms with Gasteiger partial charge in [0.05, 0.1) is 16.0 Å². The quantitative estimate of drug-likeness (QED) is 0.678. The minimum absolute atomic E-state index is 0.149. The van der Waals surface area contributed by atoms with Crippen LogP contribution in [0.2, 0.25) is 0 Å². The van der Waals surface area contributed by atoms with E-state index in [2.05, 4.69) is 10.3 Å². The first-order chi connectivity index (χ1) is 12.8. The molecule has 0 radical (unpaired) electrons. The summed E-state index contributed by atoms with van der Waals surface area (Å²) < 4.78 is 27.9. The molecule has 1 N–H and O–H groups in total. The number of carbonyl (C=O) groups excluding carboxylic acids is 2. The normalized spacial score (nSPS) is 11.1. The summed E-state index contributed by atoms with van der Waals surface area (Å²) in [4.78, 5) is 28.6. The number of sulfone groups is 1. The van der Waals surface area contributed by atoms with Crippen LogP contribution in [0.15, 0.2) is 65.7 Å². The maximum Gasteiger partial charge on any atom is 0.340 e. The van der Waals surface area contributed by atoms with Gasteiger partial charge in [0.2, 0.25) is 0 Å². The molecule has 0 saturated carbocycles. The highest BCUT2D eigenvalue weighted by Gasteiger charge is 2.14. The smallest absolute Gasteiger partial charge is 0.340 e. The van der Waals surface area contributed by atoms with E-state index < -0.39 is 28.3 Å². The molecule has 0 atom stereocenters. The zero-order valence-electron chi connectivity index (χ0n) is 14.4. The van der Waals surface area contributed by atoms with Gasteiger partial charge in [0.15, 0.2) is 16.4 Å². The first-order valence-corrected chi connectivity index (χ1v) is 9.84. The van der Waals surface area contributed by atoms with Crippen LogP contribution < -0.4 is 5.32 Å². The molecular formula is C19H16N2O5S. The Labute approximate surface area is 155 Å². The minimum Gasteiger partial charge on any atom is -0.452 e. The lowest BCUT2D eigenvalue weighted by atomic mass is 10.1. The second-order valence-corrected chi connectivity index (χ2v) is 7.82. The number of para-hydroxylation sites is 1. The van der Waals surface area contributed by atoms with Gasteiger partial charge in [-0.3, -0.25) is 9.78 Å². The summed E-state index contributed by atoms with van der Waals surface area (Å²) in [6.07, 6.45) is 2.67. The zero-order chi connectivity index (χ0) is 19.4. The molecule has 0 bridgehead atoms. The Kier molecular flexibility index (Phi) is 5.18. The molecule has 0 aliphatic heterocycles. The summed E-state index contributed by atoms with van der Waals surface area (Å²) in [5, 5.41) is 3.33. The molecule has 3 aromatic rings. The summed E-state index contributed by atoms with van der Waals surface area (Å²) in [5.74, 6) is -1.19. The molecule has 0 spiro atoms. The molecule has 3 rings (SSSR count). The number of nitrogens with one attached hydrogen (secondary N) is 1. The lowest BCUT2D eigenvalue weighted by Gasteiger charge is -2.08. The average molecular weight is 384 g/mol. The van der Waals surface area contributed by atoms with E-state index in [4.69, 9.17) is 4.74 Å². The maximum atomic E-state index is 12.3. The Hall–Kier alpha value is -3.26. The van der Waals surface area contributed by atoms with Gasteiger partial charge >= 0.3 is 5.97 Å². The van der Waals surface area contributed by atoms with Crippen molar-refractivity contribution in [3.05, 3.63) is 66.4 Å². The highest BCUT2D eigenvalue weighted by molar-refractivity contribution is 7.90. The summed E-state index contributed by atoms with van der Waals surface area (Å²) >= 11 is 0. The van der Waals surface area contributed by atoms with Gasteiger partial charge in [0.25, 0.3) is 5.91 Å². The number of hydrogen-bond donors (Lipinski definition) is 1. The SMILES string of the molecule is CS(=O)(=O)c1ccc(NC(=O)COC(=O)c2cccc3cccnc23)cc1. The molecule has 1 aromatic heterocycles. The fourth-order valence-electron chi connectivity index (χ4n) is 2.46. The highest BCUT2D eigenvalue weighted by Crippen LogP contribution is 2.17. The number of anilines is 1. The molecule has 2 aromatic carbocycles.